The van der Waals surface area contributed by atoms with Gasteiger partial charge in [0.25, 0.3) is 0 Å². The maximum Gasteiger partial charge on any atom is 0.137 e. The number of hydrogen-bond donors (Lipinski definition) is 1. The summed E-state index contributed by atoms with van der Waals surface area (Å²) in [5.41, 5.74) is 6.48. The fourth-order valence-corrected chi connectivity index (χ4v) is 2.61. The standard InChI is InChI=1S/C12H18FNS/c1-9(2)6-7-15-12-10(8-14)4-3-5-11(12)13/h3-5,9H,6-8,14H2,1-2H3. The normalized spacial score (nSPS) is 11.0. The maximum absolute atomic E-state index is 13.5. The van der Waals surface area contributed by atoms with Crippen molar-refractivity contribution < 1.29 is 4.39 Å². The quantitative estimate of drug-likeness (QED) is 0.780. The molecule has 0 radical (unpaired) electrons. The van der Waals surface area contributed by atoms with Crippen LogP contribution in [0.5, 0.6) is 0 Å². The van der Waals surface area contributed by atoms with E-state index < -0.39 is 0 Å². The Hall–Kier alpha value is -0.540. The van der Waals surface area contributed by atoms with Gasteiger partial charge >= 0.3 is 0 Å². The summed E-state index contributed by atoms with van der Waals surface area (Å²) in [5, 5.41) is 0. The Morgan fingerprint density at radius 2 is 2.13 bits per heavy atom. The molecule has 0 unspecified atom stereocenters. The van der Waals surface area contributed by atoms with Gasteiger partial charge in [-0.1, -0.05) is 26.0 Å². The highest BCUT2D eigenvalue weighted by Gasteiger charge is 2.07. The molecule has 15 heavy (non-hydrogen) atoms. The summed E-state index contributed by atoms with van der Waals surface area (Å²) < 4.78 is 13.5. The summed E-state index contributed by atoms with van der Waals surface area (Å²) in [4.78, 5) is 0.723. The summed E-state index contributed by atoms with van der Waals surface area (Å²) in [6.45, 7) is 4.75. The van der Waals surface area contributed by atoms with Gasteiger partial charge < -0.3 is 5.73 Å². The van der Waals surface area contributed by atoms with E-state index in [2.05, 4.69) is 13.8 Å². The molecule has 0 atom stereocenters. The van der Waals surface area contributed by atoms with E-state index in [9.17, 15) is 4.39 Å². The largest absolute Gasteiger partial charge is 0.326 e. The SMILES string of the molecule is CC(C)CCSc1c(F)cccc1CN. The van der Waals surface area contributed by atoms with Crippen molar-refractivity contribution in [1.29, 1.82) is 0 Å². The molecule has 1 rings (SSSR count). The number of thioether (sulfide) groups is 1. The van der Waals surface area contributed by atoms with Crippen LogP contribution < -0.4 is 5.73 Å². The first-order valence-electron chi connectivity index (χ1n) is 5.25. The van der Waals surface area contributed by atoms with Gasteiger partial charge in [0.05, 0.1) is 0 Å². The molecule has 0 aliphatic carbocycles. The average Bonchev–Trinajstić information content (AvgIpc) is 2.20. The minimum Gasteiger partial charge on any atom is -0.326 e. The second-order valence-corrected chi connectivity index (χ2v) is 5.07. The third-order valence-corrected chi connectivity index (χ3v) is 3.40. The van der Waals surface area contributed by atoms with Gasteiger partial charge in [-0.15, -0.1) is 11.8 Å². The van der Waals surface area contributed by atoms with Gasteiger partial charge in [-0.2, -0.15) is 0 Å². The minimum atomic E-state index is -0.147. The van der Waals surface area contributed by atoms with Crippen LogP contribution >= 0.6 is 11.8 Å². The smallest absolute Gasteiger partial charge is 0.137 e. The molecule has 0 fully saturated rings. The molecule has 84 valence electrons. The Morgan fingerprint density at radius 1 is 1.40 bits per heavy atom. The second-order valence-electron chi connectivity index (χ2n) is 3.96. The Kier molecular flexibility index (Phi) is 5.12. The van der Waals surface area contributed by atoms with Crippen LogP contribution in [0.25, 0.3) is 0 Å². The van der Waals surface area contributed by atoms with E-state index in [0.29, 0.717) is 12.5 Å². The highest BCUT2D eigenvalue weighted by molar-refractivity contribution is 7.99. The molecule has 0 heterocycles. The van der Waals surface area contributed by atoms with Crippen molar-refractivity contribution in [2.75, 3.05) is 5.75 Å². The number of halogens is 1. The lowest BCUT2D eigenvalue weighted by molar-refractivity contribution is 0.595. The highest BCUT2D eigenvalue weighted by Crippen LogP contribution is 2.27. The van der Waals surface area contributed by atoms with Crippen molar-refractivity contribution in [1.82, 2.24) is 0 Å². The van der Waals surface area contributed by atoms with E-state index >= 15 is 0 Å². The van der Waals surface area contributed by atoms with E-state index in [-0.39, 0.29) is 5.82 Å². The van der Waals surface area contributed by atoms with Crippen LogP contribution in [0, 0.1) is 11.7 Å². The fraction of sp³-hybridized carbons (Fsp3) is 0.500. The van der Waals surface area contributed by atoms with E-state index in [0.717, 1.165) is 22.6 Å². The summed E-state index contributed by atoms with van der Waals surface area (Å²) in [6.07, 6.45) is 1.10. The van der Waals surface area contributed by atoms with Crippen LogP contribution in [0.3, 0.4) is 0 Å². The topological polar surface area (TPSA) is 26.0 Å². The van der Waals surface area contributed by atoms with Gasteiger partial charge in [0.1, 0.15) is 5.82 Å². The molecule has 1 aromatic rings. The molecular formula is C12H18FNS. The lowest BCUT2D eigenvalue weighted by Crippen LogP contribution is -2.00. The number of hydrogen-bond acceptors (Lipinski definition) is 2. The van der Waals surface area contributed by atoms with E-state index in [1.807, 2.05) is 6.07 Å². The number of nitrogens with two attached hydrogens (primary N) is 1. The molecule has 0 saturated heterocycles. The Labute approximate surface area is 95.2 Å². The lowest BCUT2D eigenvalue weighted by atomic mass is 10.2. The first-order valence-corrected chi connectivity index (χ1v) is 6.24. The first-order chi connectivity index (χ1) is 7.15. The van der Waals surface area contributed by atoms with Gasteiger partial charge in [0, 0.05) is 11.4 Å². The molecule has 0 aliphatic rings. The van der Waals surface area contributed by atoms with Crippen LogP contribution in [0.2, 0.25) is 0 Å². The van der Waals surface area contributed by atoms with Crippen LogP contribution in [0.1, 0.15) is 25.8 Å². The predicted molar refractivity (Wildman–Crippen MR) is 64.5 cm³/mol. The molecule has 2 N–H and O–H groups in total. The van der Waals surface area contributed by atoms with Crippen molar-refractivity contribution in [3.8, 4) is 0 Å². The van der Waals surface area contributed by atoms with Crippen molar-refractivity contribution in [2.24, 2.45) is 11.7 Å². The molecule has 0 saturated carbocycles. The van der Waals surface area contributed by atoms with Crippen molar-refractivity contribution in [2.45, 2.75) is 31.7 Å². The average molecular weight is 227 g/mol. The van der Waals surface area contributed by atoms with Crippen LogP contribution in [-0.2, 0) is 6.54 Å². The third kappa shape index (κ3) is 3.84. The Balaban J connectivity index is 2.66. The molecule has 0 amide bonds. The van der Waals surface area contributed by atoms with Crippen LogP contribution in [0.15, 0.2) is 23.1 Å². The summed E-state index contributed by atoms with van der Waals surface area (Å²) >= 11 is 1.57. The van der Waals surface area contributed by atoms with Gasteiger partial charge in [0.15, 0.2) is 0 Å². The highest BCUT2D eigenvalue weighted by atomic mass is 32.2. The molecular weight excluding hydrogens is 209 g/mol. The molecule has 0 aliphatic heterocycles. The summed E-state index contributed by atoms with van der Waals surface area (Å²) in [5.74, 6) is 1.46. The second kappa shape index (κ2) is 6.13. The first kappa shape index (κ1) is 12.5. The van der Waals surface area contributed by atoms with Crippen molar-refractivity contribution in [3.05, 3.63) is 29.6 Å². The van der Waals surface area contributed by atoms with E-state index in [1.165, 1.54) is 6.07 Å². The zero-order chi connectivity index (χ0) is 11.3. The van der Waals surface area contributed by atoms with Crippen LogP contribution in [0.4, 0.5) is 4.39 Å². The zero-order valence-electron chi connectivity index (χ0n) is 9.29. The maximum atomic E-state index is 13.5. The minimum absolute atomic E-state index is 0.147. The monoisotopic (exact) mass is 227 g/mol. The zero-order valence-corrected chi connectivity index (χ0v) is 10.1. The third-order valence-electron chi connectivity index (χ3n) is 2.21. The molecule has 1 aromatic carbocycles. The molecule has 3 heteroatoms. The Morgan fingerprint density at radius 3 is 2.73 bits per heavy atom. The Bertz CT molecular complexity index is 312. The van der Waals surface area contributed by atoms with Crippen LogP contribution in [-0.4, -0.2) is 5.75 Å². The number of rotatable bonds is 5. The molecule has 0 spiro atoms. The number of benzene rings is 1. The van der Waals surface area contributed by atoms with Gasteiger partial charge in [-0.05, 0) is 29.7 Å². The lowest BCUT2D eigenvalue weighted by Gasteiger charge is -2.09. The molecule has 0 aromatic heterocycles. The van der Waals surface area contributed by atoms with E-state index in [4.69, 9.17) is 5.73 Å². The summed E-state index contributed by atoms with van der Waals surface area (Å²) in [6, 6.07) is 5.10. The van der Waals surface area contributed by atoms with Crippen molar-refractivity contribution in [3.63, 3.8) is 0 Å². The fourth-order valence-electron chi connectivity index (χ4n) is 1.27. The van der Waals surface area contributed by atoms with E-state index in [1.54, 1.807) is 17.8 Å². The van der Waals surface area contributed by atoms with Gasteiger partial charge in [-0.25, -0.2) is 4.39 Å². The predicted octanol–water partition coefficient (Wildman–Crippen LogP) is 3.42. The molecule has 1 nitrogen and oxygen atoms in total. The van der Waals surface area contributed by atoms with Crippen molar-refractivity contribution >= 4 is 11.8 Å². The molecule has 0 bridgehead atoms. The van der Waals surface area contributed by atoms with Gasteiger partial charge in [-0.3, -0.25) is 0 Å². The van der Waals surface area contributed by atoms with Gasteiger partial charge in [0.2, 0.25) is 0 Å². The summed E-state index contributed by atoms with van der Waals surface area (Å²) in [7, 11) is 0.